The molecule has 4 heteroatoms. The zero-order valence-electron chi connectivity index (χ0n) is 14.9. The second kappa shape index (κ2) is 6.15. The fourth-order valence-electron chi connectivity index (χ4n) is 4.00. The van der Waals surface area contributed by atoms with Gasteiger partial charge in [-0.05, 0) is 41.0 Å². The highest BCUT2D eigenvalue weighted by molar-refractivity contribution is 5.04. The molecular weight excluding hydrogens is 262 g/mol. The van der Waals surface area contributed by atoms with Crippen LogP contribution in [0.15, 0.2) is 0 Å². The smallest absolute Gasteiger partial charge is 0.0788 e. The van der Waals surface area contributed by atoms with Crippen molar-refractivity contribution in [1.29, 1.82) is 0 Å². The summed E-state index contributed by atoms with van der Waals surface area (Å²) < 4.78 is 6.22. The van der Waals surface area contributed by atoms with Crippen LogP contribution in [0, 0.1) is 5.92 Å². The summed E-state index contributed by atoms with van der Waals surface area (Å²) in [5.41, 5.74) is 6.14. The molecule has 3 atom stereocenters. The molecule has 124 valence electrons. The van der Waals surface area contributed by atoms with E-state index >= 15 is 0 Å². The zero-order valence-corrected chi connectivity index (χ0v) is 14.9. The summed E-state index contributed by atoms with van der Waals surface area (Å²) in [6.07, 6.45) is 1.24. The Morgan fingerprint density at radius 2 is 1.67 bits per heavy atom. The molecule has 0 amide bonds. The minimum absolute atomic E-state index is 0.111. The first kappa shape index (κ1) is 17.2. The van der Waals surface area contributed by atoms with Crippen molar-refractivity contribution in [3.05, 3.63) is 0 Å². The highest BCUT2D eigenvalue weighted by atomic mass is 16.5. The summed E-state index contributed by atoms with van der Waals surface area (Å²) in [7, 11) is 0. The summed E-state index contributed by atoms with van der Waals surface area (Å²) in [4.78, 5) is 5.19. The first-order valence-corrected chi connectivity index (χ1v) is 8.59. The van der Waals surface area contributed by atoms with E-state index in [1.165, 1.54) is 19.5 Å². The molecule has 2 heterocycles. The fourth-order valence-corrected chi connectivity index (χ4v) is 4.00. The number of hydrogen-bond acceptors (Lipinski definition) is 4. The number of piperazine rings is 1. The lowest BCUT2D eigenvalue weighted by molar-refractivity contribution is -0.0792. The van der Waals surface area contributed by atoms with Crippen LogP contribution in [0.2, 0.25) is 0 Å². The molecule has 4 nitrogen and oxygen atoms in total. The zero-order chi connectivity index (χ0) is 15.8. The van der Waals surface area contributed by atoms with Crippen molar-refractivity contribution in [3.8, 4) is 0 Å². The van der Waals surface area contributed by atoms with Gasteiger partial charge in [-0.3, -0.25) is 4.90 Å². The SMILES string of the molecule is CCC(C)N1CCN(CC2C(N)C(C)(C)OC2(C)C)CC1. The third-order valence-corrected chi connectivity index (χ3v) is 5.73. The average Bonchev–Trinajstić information content (AvgIpc) is 2.57. The van der Waals surface area contributed by atoms with Crippen LogP contribution in [0.5, 0.6) is 0 Å². The van der Waals surface area contributed by atoms with Crippen LogP contribution in [0.1, 0.15) is 48.0 Å². The standard InChI is InChI=1S/C17H35N3O/c1-7-13(2)20-10-8-19(9-11-20)12-14-15(18)17(5,6)21-16(14,3)4/h13-15H,7-12,18H2,1-6H3. The van der Waals surface area contributed by atoms with E-state index in [4.69, 9.17) is 10.5 Å². The van der Waals surface area contributed by atoms with Gasteiger partial charge in [0.1, 0.15) is 0 Å². The van der Waals surface area contributed by atoms with Gasteiger partial charge in [-0.15, -0.1) is 0 Å². The van der Waals surface area contributed by atoms with Gasteiger partial charge in [0.2, 0.25) is 0 Å². The van der Waals surface area contributed by atoms with E-state index in [0.29, 0.717) is 12.0 Å². The molecule has 21 heavy (non-hydrogen) atoms. The van der Waals surface area contributed by atoms with Gasteiger partial charge in [-0.2, -0.15) is 0 Å². The summed E-state index contributed by atoms with van der Waals surface area (Å²) >= 11 is 0. The van der Waals surface area contributed by atoms with Crippen molar-refractivity contribution < 1.29 is 4.74 Å². The molecule has 2 saturated heterocycles. The Kier molecular flexibility index (Phi) is 5.04. The maximum atomic E-state index is 6.48. The first-order chi connectivity index (χ1) is 9.67. The van der Waals surface area contributed by atoms with Gasteiger partial charge in [-0.1, -0.05) is 6.92 Å². The number of nitrogens with two attached hydrogens (primary N) is 1. The van der Waals surface area contributed by atoms with E-state index < -0.39 is 0 Å². The monoisotopic (exact) mass is 297 g/mol. The predicted octanol–water partition coefficient (Wildman–Crippen LogP) is 1.93. The van der Waals surface area contributed by atoms with Gasteiger partial charge < -0.3 is 15.4 Å². The van der Waals surface area contributed by atoms with E-state index in [1.807, 2.05) is 0 Å². The van der Waals surface area contributed by atoms with Gasteiger partial charge >= 0.3 is 0 Å². The molecule has 2 aliphatic heterocycles. The highest BCUT2D eigenvalue weighted by Gasteiger charge is 2.52. The Bertz CT molecular complexity index is 348. The van der Waals surface area contributed by atoms with Crippen molar-refractivity contribution in [2.75, 3.05) is 32.7 Å². The van der Waals surface area contributed by atoms with Crippen molar-refractivity contribution >= 4 is 0 Å². The molecule has 0 aromatic heterocycles. The largest absolute Gasteiger partial charge is 0.368 e. The topological polar surface area (TPSA) is 41.7 Å². The van der Waals surface area contributed by atoms with E-state index in [1.54, 1.807) is 0 Å². The Labute approximate surface area is 131 Å². The van der Waals surface area contributed by atoms with E-state index in [0.717, 1.165) is 19.6 Å². The maximum absolute atomic E-state index is 6.48. The van der Waals surface area contributed by atoms with E-state index in [2.05, 4.69) is 51.3 Å². The number of hydrogen-bond donors (Lipinski definition) is 1. The molecule has 0 bridgehead atoms. The molecule has 0 aliphatic carbocycles. The van der Waals surface area contributed by atoms with E-state index in [-0.39, 0.29) is 17.2 Å². The van der Waals surface area contributed by atoms with Gasteiger partial charge in [0, 0.05) is 50.7 Å². The van der Waals surface area contributed by atoms with Crippen LogP contribution in [-0.4, -0.2) is 65.8 Å². The average molecular weight is 297 g/mol. The highest BCUT2D eigenvalue weighted by Crippen LogP contribution is 2.41. The normalized spacial score (nSPS) is 35.0. The summed E-state index contributed by atoms with van der Waals surface area (Å²) in [5, 5.41) is 0. The van der Waals surface area contributed by atoms with Crippen molar-refractivity contribution in [2.45, 2.75) is 71.2 Å². The lowest BCUT2D eigenvalue weighted by atomic mass is 9.82. The van der Waals surface area contributed by atoms with Gasteiger partial charge in [0.05, 0.1) is 11.2 Å². The molecular formula is C17H35N3O. The number of ether oxygens (including phenoxy) is 1. The third kappa shape index (κ3) is 3.61. The summed E-state index contributed by atoms with van der Waals surface area (Å²) in [5.74, 6) is 0.405. The van der Waals surface area contributed by atoms with Crippen LogP contribution in [0.3, 0.4) is 0 Å². The lowest BCUT2D eigenvalue weighted by Crippen LogP contribution is -2.54. The van der Waals surface area contributed by atoms with Gasteiger partial charge in [0.15, 0.2) is 0 Å². The van der Waals surface area contributed by atoms with Crippen molar-refractivity contribution in [1.82, 2.24) is 9.80 Å². The van der Waals surface area contributed by atoms with Crippen LogP contribution in [0.25, 0.3) is 0 Å². The quantitative estimate of drug-likeness (QED) is 0.861. The lowest BCUT2D eigenvalue weighted by Gasteiger charge is -2.40. The van der Waals surface area contributed by atoms with Crippen LogP contribution in [-0.2, 0) is 4.74 Å². The van der Waals surface area contributed by atoms with Crippen LogP contribution in [0.4, 0.5) is 0 Å². The molecule has 2 N–H and O–H groups in total. The Morgan fingerprint density at radius 1 is 1.10 bits per heavy atom. The second-order valence-corrected chi connectivity index (χ2v) is 8.04. The Hall–Kier alpha value is -0.160. The van der Waals surface area contributed by atoms with E-state index in [9.17, 15) is 0 Å². The third-order valence-electron chi connectivity index (χ3n) is 5.73. The number of rotatable bonds is 4. The molecule has 2 fully saturated rings. The number of nitrogens with zero attached hydrogens (tertiary/aromatic N) is 2. The van der Waals surface area contributed by atoms with Crippen LogP contribution >= 0.6 is 0 Å². The Morgan fingerprint density at radius 3 is 2.10 bits per heavy atom. The Balaban J connectivity index is 1.91. The molecule has 0 aromatic rings. The molecule has 2 aliphatic rings. The summed E-state index contributed by atoms with van der Waals surface area (Å²) in [6, 6.07) is 0.819. The molecule has 0 radical (unpaired) electrons. The maximum Gasteiger partial charge on any atom is 0.0788 e. The van der Waals surface area contributed by atoms with Crippen molar-refractivity contribution in [3.63, 3.8) is 0 Å². The molecule has 0 spiro atoms. The van der Waals surface area contributed by atoms with Gasteiger partial charge in [-0.25, -0.2) is 0 Å². The minimum atomic E-state index is -0.216. The molecule has 0 aromatic carbocycles. The second-order valence-electron chi connectivity index (χ2n) is 8.04. The van der Waals surface area contributed by atoms with Gasteiger partial charge in [0.25, 0.3) is 0 Å². The van der Waals surface area contributed by atoms with Crippen LogP contribution < -0.4 is 5.73 Å². The molecule has 0 saturated carbocycles. The molecule has 2 rings (SSSR count). The first-order valence-electron chi connectivity index (χ1n) is 8.59. The molecule has 3 unspecified atom stereocenters. The summed E-state index contributed by atoms with van der Waals surface area (Å²) in [6.45, 7) is 19.0. The predicted molar refractivity (Wildman–Crippen MR) is 88.5 cm³/mol. The fraction of sp³-hybridized carbons (Fsp3) is 1.00. The minimum Gasteiger partial charge on any atom is -0.368 e. The van der Waals surface area contributed by atoms with Crippen molar-refractivity contribution in [2.24, 2.45) is 11.7 Å².